The van der Waals surface area contributed by atoms with Crippen LogP contribution in [-0.2, 0) is 21.3 Å². The number of amides is 2. The van der Waals surface area contributed by atoms with Crippen LogP contribution in [0.1, 0.15) is 77.1 Å². The lowest BCUT2D eigenvalue weighted by molar-refractivity contribution is -0.117. The van der Waals surface area contributed by atoms with E-state index in [-0.39, 0.29) is 12.5 Å². The Kier molecular flexibility index (Phi) is 11.2. The average Bonchev–Trinajstić information content (AvgIpc) is 3.04. The van der Waals surface area contributed by atoms with Crippen LogP contribution in [0.5, 0.6) is 0 Å². The van der Waals surface area contributed by atoms with E-state index in [9.17, 15) is 18.0 Å². The zero-order valence-electron chi connectivity index (χ0n) is 26.7. The summed E-state index contributed by atoms with van der Waals surface area (Å²) in [7, 11) is -4.17. The Hall–Kier alpha value is -3.98. The average molecular weight is 673 g/mol. The first-order valence-corrected chi connectivity index (χ1v) is 18.0. The fourth-order valence-electron chi connectivity index (χ4n) is 6.29. The van der Waals surface area contributed by atoms with Gasteiger partial charge >= 0.3 is 0 Å². The van der Waals surface area contributed by atoms with Crippen LogP contribution in [0.2, 0.25) is 5.02 Å². The molecule has 0 radical (unpaired) electrons. The van der Waals surface area contributed by atoms with E-state index in [1.54, 1.807) is 24.3 Å². The number of anilines is 1. The zero-order chi connectivity index (χ0) is 33.6. The van der Waals surface area contributed by atoms with Gasteiger partial charge in [0.05, 0.1) is 11.7 Å². The van der Waals surface area contributed by atoms with Crippen LogP contribution in [-0.4, -0.2) is 37.1 Å². The van der Waals surface area contributed by atoms with Gasteiger partial charge in [0.15, 0.2) is 0 Å². The summed E-state index contributed by atoms with van der Waals surface area (Å²) in [4.78, 5) is 26.4. The maximum Gasteiger partial charge on any atom is 0.266 e. The molecule has 5 rings (SSSR count). The van der Waals surface area contributed by atoms with Gasteiger partial charge in [0, 0.05) is 22.8 Å². The van der Waals surface area contributed by atoms with E-state index in [0.29, 0.717) is 28.6 Å². The first-order chi connectivity index (χ1) is 22.4. The topological polar surface area (TPSA) is 113 Å². The predicted molar refractivity (Wildman–Crippen MR) is 189 cm³/mol. The lowest BCUT2D eigenvalue weighted by Crippen LogP contribution is -2.28. The smallest absolute Gasteiger partial charge is 0.266 e. The Labute approximate surface area is 282 Å². The maximum atomic E-state index is 13.9. The Morgan fingerprint density at radius 2 is 1.55 bits per heavy atom. The maximum absolute atomic E-state index is 13.9. The molecule has 246 valence electrons. The molecule has 47 heavy (non-hydrogen) atoms. The second kappa shape index (κ2) is 15.3. The molecule has 1 aliphatic carbocycles. The molecular formula is C38H41ClN2O5S. The first kappa shape index (κ1) is 34.4. The molecule has 3 N–H and O–H groups in total. The van der Waals surface area contributed by atoms with Crippen LogP contribution in [0.25, 0.3) is 11.1 Å². The number of hydrogen-bond acceptors (Lipinski definition) is 4. The highest BCUT2D eigenvalue weighted by molar-refractivity contribution is 7.85. The number of hydrogen-bond donors (Lipinski definition) is 3. The summed E-state index contributed by atoms with van der Waals surface area (Å²) in [6.07, 6.45) is 5.26. The highest BCUT2D eigenvalue weighted by Crippen LogP contribution is 2.36. The number of nitrogens with one attached hydrogen (secondary N) is 2. The zero-order valence-corrected chi connectivity index (χ0v) is 28.3. The number of rotatable bonds is 11. The van der Waals surface area contributed by atoms with Gasteiger partial charge in [-0.2, -0.15) is 8.42 Å². The number of halogens is 1. The minimum absolute atomic E-state index is 0.133. The molecule has 9 heteroatoms. The molecule has 0 bridgehead atoms. The lowest BCUT2D eigenvalue weighted by Gasteiger charge is -2.27. The third kappa shape index (κ3) is 9.53. The van der Waals surface area contributed by atoms with Crippen molar-refractivity contribution in [3.63, 3.8) is 0 Å². The Balaban J connectivity index is 1.33. The van der Waals surface area contributed by atoms with Gasteiger partial charge in [-0.15, -0.1) is 0 Å². The monoisotopic (exact) mass is 672 g/mol. The summed E-state index contributed by atoms with van der Waals surface area (Å²) in [5, 5.41) is 6.30. The molecule has 0 aliphatic heterocycles. The second-order valence-corrected chi connectivity index (χ2v) is 14.7. The van der Waals surface area contributed by atoms with Crippen LogP contribution in [0.3, 0.4) is 0 Å². The van der Waals surface area contributed by atoms with Gasteiger partial charge in [-0.05, 0) is 108 Å². The van der Waals surface area contributed by atoms with Gasteiger partial charge in [0.2, 0.25) is 5.91 Å². The van der Waals surface area contributed by atoms with Crippen molar-refractivity contribution in [2.45, 2.75) is 57.8 Å². The number of benzene rings is 4. The molecule has 4 aromatic rings. The summed E-state index contributed by atoms with van der Waals surface area (Å²) in [6.45, 7) is 4.14. The van der Waals surface area contributed by atoms with E-state index in [4.69, 9.17) is 16.2 Å². The molecule has 0 aromatic heterocycles. The number of carbonyl (C=O) groups is 2. The molecule has 1 fully saturated rings. The van der Waals surface area contributed by atoms with E-state index in [1.165, 1.54) is 31.2 Å². The highest BCUT2D eigenvalue weighted by atomic mass is 35.5. The van der Waals surface area contributed by atoms with Gasteiger partial charge in [0.1, 0.15) is 0 Å². The van der Waals surface area contributed by atoms with E-state index in [1.807, 2.05) is 49.4 Å². The Bertz CT molecular complexity index is 1800. The molecule has 4 aromatic carbocycles. The largest absolute Gasteiger partial charge is 0.351 e. The SMILES string of the molecule is Cc1cc(Cl)ccc1-c1ccc(NC(=O)[C@H](Cc2ccc(C(=O)NCCS(=O)(=O)O)cc2)c2ccc(C3CCC(C)CC3)cc2)cc1. The number of aryl methyl sites for hydroxylation is 1. The quantitative estimate of drug-likeness (QED) is 0.139. The molecule has 0 saturated heterocycles. The minimum atomic E-state index is -4.17. The van der Waals surface area contributed by atoms with Crippen LogP contribution < -0.4 is 10.6 Å². The van der Waals surface area contributed by atoms with Crippen molar-refractivity contribution >= 4 is 39.2 Å². The van der Waals surface area contributed by atoms with Crippen molar-refractivity contribution in [1.82, 2.24) is 5.32 Å². The predicted octanol–water partition coefficient (Wildman–Crippen LogP) is 8.19. The fraction of sp³-hybridized carbons (Fsp3) is 0.316. The summed E-state index contributed by atoms with van der Waals surface area (Å²) in [5.41, 5.74) is 7.33. The normalized spacial score (nSPS) is 17.1. The van der Waals surface area contributed by atoms with Crippen molar-refractivity contribution in [3.05, 3.63) is 124 Å². The van der Waals surface area contributed by atoms with Crippen molar-refractivity contribution in [2.75, 3.05) is 17.6 Å². The Morgan fingerprint density at radius 3 is 2.17 bits per heavy atom. The molecule has 2 amide bonds. The minimum Gasteiger partial charge on any atom is -0.351 e. The second-order valence-electron chi connectivity index (χ2n) is 12.6. The lowest BCUT2D eigenvalue weighted by atomic mass is 9.79. The van der Waals surface area contributed by atoms with E-state index < -0.39 is 27.7 Å². The van der Waals surface area contributed by atoms with Crippen LogP contribution >= 0.6 is 11.6 Å². The number of carbonyl (C=O) groups excluding carboxylic acids is 2. The summed E-state index contributed by atoms with van der Waals surface area (Å²) >= 11 is 6.14. The molecule has 0 spiro atoms. The molecular weight excluding hydrogens is 632 g/mol. The van der Waals surface area contributed by atoms with Crippen LogP contribution in [0.4, 0.5) is 5.69 Å². The van der Waals surface area contributed by atoms with Gasteiger partial charge in [-0.3, -0.25) is 14.1 Å². The molecule has 1 aliphatic rings. The standard InChI is InChI=1S/C38H41ClN2O5S/c1-25-3-7-28(8-4-25)29-11-13-31(14-12-29)36(24-27-5-9-32(10-6-27)37(42)40-21-22-47(44,45)46)38(43)41-34-18-15-30(16-19-34)35-20-17-33(39)23-26(35)2/h5-6,9-20,23,25,28,36H,3-4,7-8,21-22,24H2,1-2H3,(H,40,42)(H,41,43)(H,44,45,46)/t25?,28?,36-/m1/s1. The van der Waals surface area contributed by atoms with E-state index in [2.05, 4.69) is 41.8 Å². The summed E-state index contributed by atoms with van der Waals surface area (Å²) < 4.78 is 30.8. The van der Waals surface area contributed by atoms with E-state index >= 15 is 0 Å². The van der Waals surface area contributed by atoms with E-state index in [0.717, 1.165) is 33.7 Å². The summed E-state index contributed by atoms with van der Waals surface area (Å²) in [6, 6.07) is 29.0. The van der Waals surface area contributed by atoms with Gasteiger partial charge in [-0.25, -0.2) is 0 Å². The molecule has 0 heterocycles. The van der Waals surface area contributed by atoms with Crippen molar-refractivity contribution in [3.8, 4) is 11.1 Å². The molecule has 7 nitrogen and oxygen atoms in total. The fourth-order valence-corrected chi connectivity index (χ4v) is 6.88. The van der Waals surface area contributed by atoms with Crippen LogP contribution in [0.15, 0.2) is 91.0 Å². The van der Waals surface area contributed by atoms with Gasteiger partial charge in [-0.1, -0.05) is 86.0 Å². The van der Waals surface area contributed by atoms with Crippen molar-refractivity contribution in [1.29, 1.82) is 0 Å². The van der Waals surface area contributed by atoms with Gasteiger partial charge < -0.3 is 10.6 Å². The molecule has 1 atom stereocenters. The van der Waals surface area contributed by atoms with Crippen molar-refractivity contribution in [2.24, 2.45) is 5.92 Å². The Morgan fingerprint density at radius 1 is 0.894 bits per heavy atom. The van der Waals surface area contributed by atoms with Crippen LogP contribution in [0, 0.1) is 12.8 Å². The summed E-state index contributed by atoms with van der Waals surface area (Å²) in [5.74, 6) is -0.298. The van der Waals surface area contributed by atoms with Crippen molar-refractivity contribution < 1.29 is 22.6 Å². The third-order valence-electron chi connectivity index (χ3n) is 9.10. The highest BCUT2D eigenvalue weighted by Gasteiger charge is 2.24. The van der Waals surface area contributed by atoms with Gasteiger partial charge in [0.25, 0.3) is 16.0 Å². The molecule has 0 unspecified atom stereocenters. The third-order valence-corrected chi connectivity index (χ3v) is 10.1. The first-order valence-electron chi connectivity index (χ1n) is 16.0. The molecule has 1 saturated carbocycles.